The highest BCUT2D eigenvalue weighted by Crippen LogP contribution is 2.34. The van der Waals surface area contributed by atoms with E-state index < -0.39 is 5.60 Å². The quantitative estimate of drug-likeness (QED) is 0.470. The van der Waals surface area contributed by atoms with Crippen molar-refractivity contribution in [3.63, 3.8) is 0 Å². The number of rotatable bonds is 3. The van der Waals surface area contributed by atoms with Crippen LogP contribution in [0.1, 0.15) is 33.2 Å². The summed E-state index contributed by atoms with van der Waals surface area (Å²) < 4.78 is 13.4. The molecule has 3 aromatic heterocycles. The second-order valence-corrected chi connectivity index (χ2v) is 9.38. The normalized spacial score (nSPS) is 16.5. The van der Waals surface area contributed by atoms with Gasteiger partial charge in [0.25, 0.3) is 0 Å². The monoisotopic (exact) mass is 445 g/mol. The van der Waals surface area contributed by atoms with E-state index in [9.17, 15) is 4.79 Å². The number of furan rings is 1. The van der Waals surface area contributed by atoms with E-state index in [1.165, 1.54) is 0 Å². The zero-order valence-electron chi connectivity index (χ0n) is 19.0. The lowest BCUT2D eigenvalue weighted by molar-refractivity contribution is 0.0288. The Labute approximate surface area is 192 Å². The van der Waals surface area contributed by atoms with Gasteiger partial charge in [0.1, 0.15) is 22.8 Å². The zero-order chi connectivity index (χ0) is 23.2. The minimum absolute atomic E-state index is 0.0999. The van der Waals surface area contributed by atoms with Gasteiger partial charge in [0.15, 0.2) is 0 Å². The maximum atomic E-state index is 12.4. The van der Waals surface area contributed by atoms with Crippen molar-refractivity contribution >= 4 is 22.9 Å². The number of nitrogens with two attached hydrogens (primary N) is 1. The van der Waals surface area contributed by atoms with Gasteiger partial charge >= 0.3 is 6.09 Å². The second-order valence-electron chi connectivity index (χ2n) is 9.38. The molecule has 170 valence electrons. The fourth-order valence-corrected chi connectivity index (χ4v) is 4.08. The van der Waals surface area contributed by atoms with Crippen molar-refractivity contribution in [1.29, 1.82) is 0 Å². The van der Waals surface area contributed by atoms with Crippen molar-refractivity contribution in [3.05, 3.63) is 55.0 Å². The first kappa shape index (κ1) is 21.1. The molecule has 1 aliphatic rings. The predicted molar refractivity (Wildman–Crippen MR) is 127 cm³/mol. The molecular formula is C25H27N5O3. The highest BCUT2D eigenvalue weighted by molar-refractivity contribution is 5.86. The van der Waals surface area contributed by atoms with Crippen LogP contribution in [0.25, 0.3) is 33.4 Å². The highest BCUT2D eigenvalue weighted by Gasteiger charge is 2.31. The largest absolute Gasteiger partial charge is 0.456 e. The zero-order valence-corrected chi connectivity index (χ0v) is 19.0. The van der Waals surface area contributed by atoms with Crippen molar-refractivity contribution < 1.29 is 13.9 Å². The first-order valence-corrected chi connectivity index (χ1v) is 11.0. The molecule has 8 nitrogen and oxygen atoms in total. The number of aromatic nitrogens is 3. The SMILES string of the molecule is CC(C)(C)OC(=O)N1CCC(n2cc(-c3cnc(N)c(-c4cc5ccccc5o4)c3)cn2)C1. The van der Waals surface area contributed by atoms with Crippen LogP contribution >= 0.6 is 0 Å². The fourth-order valence-electron chi connectivity index (χ4n) is 4.08. The number of anilines is 1. The van der Waals surface area contributed by atoms with Gasteiger partial charge in [-0.2, -0.15) is 5.10 Å². The van der Waals surface area contributed by atoms with Gasteiger partial charge in [0.2, 0.25) is 0 Å². The van der Waals surface area contributed by atoms with E-state index in [4.69, 9.17) is 14.9 Å². The van der Waals surface area contributed by atoms with Crippen molar-refractivity contribution in [2.24, 2.45) is 0 Å². The number of nitrogens with zero attached hydrogens (tertiary/aromatic N) is 4. The Bertz CT molecular complexity index is 1280. The van der Waals surface area contributed by atoms with Crippen LogP contribution in [0.4, 0.5) is 10.6 Å². The van der Waals surface area contributed by atoms with Gasteiger partial charge in [-0.1, -0.05) is 18.2 Å². The van der Waals surface area contributed by atoms with E-state index in [0.717, 1.165) is 34.1 Å². The van der Waals surface area contributed by atoms with Gasteiger partial charge in [0.05, 0.1) is 17.8 Å². The number of pyridine rings is 1. The highest BCUT2D eigenvalue weighted by atomic mass is 16.6. The summed E-state index contributed by atoms with van der Waals surface area (Å²) in [7, 11) is 0. The van der Waals surface area contributed by atoms with Gasteiger partial charge in [-0.25, -0.2) is 9.78 Å². The first-order chi connectivity index (χ1) is 15.8. The van der Waals surface area contributed by atoms with E-state index >= 15 is 0 Å². The third-order valence-corrected chi connectivity index (χ3v) is 5.73. The van der Waals surface area contributed by atoms with Gasteiger partial charge in [-0.05, 0) is 45.4 Å². The number of ether oxygens (including phenoxy) is 1. The number of amides is 1. The molecule has 33 heavy (non-hydrogen) atoms. The summed E-state index contributed by atoms with van der Waals surface area (Å²) in [5.74, 6) is 1.09. The van der Waals surface area contributed by atoms with Crippen LogP contribution in [0.5, 0.6) is 0 Å². The Balaban J connectivity index is 1.36. The van der Waals surface area contributed by atoms with Crippen LogP contribution in [0.3, 0.4) is 0 Å². The number of benzene rings is 1. The Morgan fingerprint density at radius 1 is 1.18 bits per heavy atom. The maximum absolute atomic E-state index is 12.4. The molecule has 1 atom stereocenters. The first-order valence-electron chi connectivity index (χ1n) is 11.0. The van der Waals surface area contributed by atoms with Crippen LogP contribution in [0.2, 0.25) is 0 Å². The Morgan fingerprint density at radius 3 is 2.79 bits per heavy atom. The van der Waals surface area contributed by atoms with Crippen molar-refractivity contribution in [2.75, 3.05) is 18.8 Å². The molecule has 1 unspecified atom stereocenters. The topological polar surface area (TPSA) is 99.4 Å². The molecule has 0 saturated carbocycles. The van der Waals surface area contributed by atoms with Crippen molar-refractivity contribution in [3.8, 4) is 22.5 Å². The standard InChI is InChI=1S/C25H27N5O3/c1-25(2,3)33-24(31)29-9-8-19(15-29)30-14-18(13-28-30)17-10-20(23(26)27-12-17)22-11-16-6-4-5-7-21(16)32-22/h4-7,10-14,19H,8-9,15H2,1-3H3,(H2,26,27). The van der Waals surface area contributed by atoms with Crippen molar-refractivity contribution in [1.82, 2.24) is 19.7 Å². The van der Waals surface area contributed by atoms with E-state index in [2.05, 4.69) is 10.1 Å². The second kappa shape index (κ2) is 7.95. The molecule has 1 aliphatic heterocycles. The number of likely N-dealkylation sites (tertiary alicyclic amines) is 1. The molecule has 0 spiro atoms. The van der Waals surface area contributed by atoms with Crippen LogP contribution < -0.4 is 5.73 Å². The molecular weight excluding hydrogens is 418 g/mol. The molecule has 0 radical (unpaired) electrons. The number of carbonyl (C=O) groups is 1. The third kappa shape index (κ3) is 4.28. The smallest absolute Gasteiger partial charge is 0.410 e. The average molecular weight is 446 g/mol. The number of para-hydroxylation sites is 1. The van der Waals surface area contributed by atoms with Crippen LogP contribution in [0.15, 0.2) is 59.4 Å². The Morgan fingerprint density at radius 2 is 2.00 bits per heavy atom. The van der Waals surface area contributed by atoms with Crippen LogP contribution in [0, 0.1) is 0 Å². The van der Waals surface area contributed by atoms with E-state index in [1.807, 2.05) is 74.2 Å². The molecule has 1 amide bonds. The average Bonchev–Trinajstić information content (AvgIpc) is 3.51. The third-order valence-electron chi connectivity index (χ3n) is 5.73. The number of hydrogen-bond donors (Lipinski definition) is 1. The summed E-state index contributed by atoms with van der Waals surface area (Å²) in [6, 6.07) is 11.9. The molecule has 1 saturated heterocycles. The molecule has 8 heteroatoms. The van der Waals surface area contributed by atoms with E-state index in [-0.39, 0.29) is 12.1 Å². The number of nitrogen functional groups attached to an aromatic ring is 1. The summed E-state index contributed by atoms with van der Waals surface area (Å²) in [5, 5.41) is 5.57. The molecule has 2 N–H and O–H groups in total. The summed E-state index contributed by atoms with van der Waals surface area (Å²) in [6.45, 7) is 6.84. The van der Waals surface area contributed by atoms with Crippen LogP contribution in [-0.4, -0.2) is 44.4 Å². The molecule has 1 aromatic carbocycles. The lowest BCUT2D eigenvalue weighted by Gasteiger charge is -2.24. The van der Waals surface area contributed by atoms with Gasteiger partial charge in [-0.15, -0.1) is 0 Å². The fraction of sp³-hybridized carbons (Fsp3) is 0.320. The molecule has 5 rings (SSSR count). The molecule has 1 fully saturated rings. The molecule has 0 aliphatic carbocycles. The summed E-state index contributed by atoms with van der Waals surface area (Å²) in [5.41, 5.74) is 9.04. The summed E-state index contributed by atoms with van der Waals surface area (Å²) >= 11 is 0. The van der Waals surface area contributed by atoms with Gasteiger partial charge in [0, 0.05) is 42.0 Å². The predicted octanol–water partition coefficient (Wildman–Crippen LogP) is 5.12. The summed E-state index contributed by atoms with van der Waals surface area (Å²) in [4.78, 5) is 18.5. The minimum atomic E-state index is -0.506. The number of hydrogen-bond acceptors (Lipinski definition) is 6. The van der Waals surface area contributed by atoms with E-state index in [1.54, 1.807) is 11.1 Å². The van der Waals surface area contributed by atoms with Crippen LogP contribution in [-0.2, 0) is 4.74 Å². The molecule has 4 heterocycles. The lowest BCUT2D eigenvalue weighted by Crippen LogP contribution is -2.35. The molecule has 4 aromatic rings. The van der Waals surface area contributed by atoms with Gasteiger partial charge in [-0.3, -0.25) is 4.68 Å². The van der Waals surface area contributed by atoms with Crippen molar-refractivity contribution in [2.45, 2.75) is 38.8 Å². The lowest BCUT2D eigenvalue weighted by atomic mass is 10.1. The molecule has 0 bridgehead atoms. The van der Waals surface area contributed by atoms with E-state index in [0.29, 0.717) is 24.7 Å². The Kier molecular flexibility index (Phi) is 5.08. The maximum Gasteiger partial charge on any atom is 0.410 e. The number of carbonyl (C=O) groups excluding carboxylic acids is 1. The van der Waals surface area contributed by atoms with Gasteiger partial charge < -0.3 is 19.8 Å². The summed E-state index contributed by atoms with van der Waals surface area (Å²) in [6.07, 6.45) is 6.08. The minimum Gasteiger partial charge on any atom is -0.456 e. The Hall–Kier alpha value is -3.81. The number of fused-ring (bicyclic) bond motifs is 1.